The first-order valence-electron chi connectivity index (χ1n) is 7.72. The standard InChI is InChI=1S/C18H25NO3/c1-6-13-11(2)19(7-8-20)16-14(13)9-12(17(21)22)10-15(16)18(3,4)5/h9-10,20H,6-8H2,1-5H3,(H,21,22). The van der Waals surface area contributed by atoms with Crippen LogP contribution in [0.2, 0.25) is 0 Å². The van der Waals surface area contributed by atoms with Gasteiger partial charge in [-0.25, -0.2) is 4.79 Å². The highest BCUT2D eigenvalue weighted by Gasteiger charge is 2.24. The first kappa shape index (κ1) is 16.6. The van der Waals surface area contributed by atoms with Crippen LogP contribution in [0.25, 0.3) is 10.9 Å². The van der Waals surface area contributed by atoms with Crippen LogP contribution in [0.15, 0.2) is 12.1 Å². The van der Waals surface area contributed by atoms with Crippen LogP contribution in [0, 0.1) is 6.92 Å². The van der Waals surface area contributed by atoms with Crippen LogP contribution < -0.4 is 0 Å². The van der Waals surface area contributed by atoms with Gasteiger partial charge in [-0.1, -0.05) is 27.7 Å². The van der Waals surface area contributed by atoms with Gasteiger partial charge in [0.25, 0.3) is 0 Å². The monoisotopic (exact) mass is 303 g/mol. The third-order valence-electron chi connectivity index (χ3n) is 4.28. The molecule has 0 saturated heterocycles. The maximum Gasteiger partial charge on any atom is 0.335 e. The number of aromatic nitrogens is 1. The maximum atomic E-state index is 11.5. The molecule has 0 aliphatic carbocycles. The van der Waals surface area contributed by atoms with E-state index in [1.807, 2.05) is 6.92 Å². The molecule has 0 aliphatic rings. The van der Waals surface area contributed by atoms with Gasteiger partial charge in [0.05, 0.1) is 17.7 Å². The predicted molar refractivity (Wildman–Crippen MR) is 88.8 cm³/mol. The molecule has 0 atom stereocenters. The van der Waals surface area contributed by atoms with E-state index in [0.29, 0.717) is 12.1 Å². The van der Waals surface area contributed by atoms with Crippen molar-refractivity contribution in [3.8, 4) is 0 Å². The molecular formula is C18H25NO3. The molecule has 120 valence electrons. The highest BCUT2D eigenvalue weighted by atomic mass is 16.4. The minimum Gasteiger partial charge on any atom is -0.478 e. The van der Waals surface area contributed by atoms with Gasteiger partial charge < -0.3 is 14.8 Å². The van der Waals surface area contributed by atoms with Crippen molar-refractivity contribution in [2.75, 3.05) is 6.61 Å². The van der Waals surface area contributed by atoms with E-state index in [0.717, 1.165) is 34.1 Å². The zero-order valence-electron chi connectivity index (χ0n) is 14.0. The molecule has 22 heavy (non-hydrogen) atoms. The number of aliphatic hydroxyl groups excluding tert-OH is 1. The van der Waals surface area contributed by atoms with E-state index in [1.54, 1.807) is 12.1 Å². The smallest absolute Gasteiger partial charge is 0.335 e. The Bertz CT molecular complexity index is 720. The normalized spacial score (nSPS) is 12.1. The molecule has 1 heterocycles. The van der Waals surface area contributed by atoms with E-state index in [-0.39, 0.29) is 12.0 Å². The summed E-state index contributed by atoms with van der Waals surface area (Å²) >= 11 is 0. The lowest BCUT2D eigenvalue weighted by molar-refractivity contribution is 0.0697. The maximum absolute atomic E-state index is 11.5. The van der Waals surface area contributed by atoms with Gasteiger partial charge in [-0.2, -0.15) is 0 Å². The number of hydrogen-bond donors (Lipinski definition) is 2. The van der Waals surface area contributed by atoms with E-state index >= 15 is 0 Å². The second kappa shape index (κ2) is 5.76. The quantitative estimate of drug-likeness (QED) is 0.908. The van der Waals surface area contributed by atoms with E-state index in [4.69, 9.17) is 0 Å². The molecule has 0 unspecified atom stereocenters. The summed E-state index contributed by atoms with van der Waals surface area (Å²) < 4.78 is 2.13. The predicted octanol–water partition coefficient (Wildman–Crippen LogP) is 3.50. The molecule has 2 N–H and O–H groups in total. The Kier molecular flexibility index (Phi) is 4.34. The fourth-order valence-corrected chi connectivity index (χ4v) is 3.20. The van der Waals surface area contributed by atoms with Gasteiger partial charge >= 0.3 is 5.97 Å². The van der Waals surface area contributed by atoms with E-state index in [9.17, 15) is 15.0 Å². The van der Waals surface area contributed by atoms with Gasteiger partial charge in [0.2, 0.25) is 0 Å². The number of carboxylic acids is 1. The summed E-state index contributed by atoms with van der Waals surface area (Å²) in [5.74, 6) is -0.901. The van der Waals surface area contributed by atoms with Crippen LogP contribution in [0.5, 0.6) is 0 Å². The summed E-state index contributed by atoms with van der Waals surface area (Å²) in [6.07, 6.45) is 0.841. The van der Waals surface area contributed by atoms with Crippen LogP contribution in [-0.2, 0) is 18.4 Å². The molecule has 2 aromatic rings. The summed E-state index contributed by atoms with van der Waals surface area (Å²) in [7, 11) is 0. The Balaban J connectivity index is 2.98. The van der Waals surface area contributed by atoms with Crippen molar-refractivity contribution in [1.29, 1.82) is 0 Å². The molecule has 0 amide bonds. The second-order valence-corrected chi connectivity index (χ2v) is 6.77. The number of hydrogen-bond acceptors (Lipinski definition) is 2. The minimum absolute atomic E-state index is 0.0675. The van der Waals surface area contributed by atoms with Crippen LogP contribution in [0.1, 0.15) is 54.9 Å². The van der Waals surface area contributed by atoms with Crippen LogP contribution in [-0.4, -0.2) is 27.4 Å². The lowest BCUT2D eigenvalue weighted by atomic mass is 9.84. The van der Waals surface area contributed by atoms with Gasteiger partial charge in [-0.3, -0.25) is 0 Å². The number of nitrogens with zero attached hydrogens (tertiary/aromatic N) is 1. The minimum atomic E-state index is -0.901. The van der Waals surface area contributed by atoms with E-state index in [2.05, 4.69) is 32.3 Å². The first-order valence-corrected chi connectivity index (χ1v) is 7.72. The van der Waals surface area contributed by atoms with Crippen LogP contribution in [0.4, 0.5) is 0 Å². The number of fused-ring (bicyclic) bond motifs is 1. The molecule has 1 aromatic carbocycles. The Morgan fingerprint density at radius 3 is 2.36 bits per heavy atom. The van der Waals surface area contributed by atoms with Crippen molar-refractivity contribution < 1.29 is 15.0 Å². The molecular weight excluding hydrogens is 278 g/mol. The Labute approximate surface area is 131 Å². The fourth-order valence-electron chi connectivity index (χ4n) is 3.20. The number of benzene rings is 1. The third kappa shape index (κ3) is 2.63. The molecule has 0 bridgehead atoms. The lowest BCUT2D eigenvalue weighted by Gasteiger charge is -2.22. The van der Waals surface area contributed by atoms with Crippen molar-refractivity contribution in [2.45, 2.75) is 53.0 Å². The molecule has 0 saturated carbocycles. The Morgan fingerprint density at radius 1 is 1.27 bits per heavy atom. The number of aromatic carboxylic acids is 1. The molecule has 0 fully saturated rings. The van der Waals surface area contributed by atoms with Crippen molar-refractivity contribution in [3.05, 3.63) is 34.5 Å². The van der Waals surface area contributed by atoms with Crippen molar-refractivity contribution in [2.24, 2.45) is 0 Å². The highest BCUT2D eigenvalue weighted by Crippen LogP contribution is 2.36. The molecule has 4 heteroatoms. The zero-order chi connectivity index (χ0) is 16.7. The topological polar surface area (TPSA) is 62.5 Å². The molecule has 0 spiro atoms. The van der Waals surface area contributed by atoms with Gasteiger partial charge in [-0.05, 0) is 42.0 Å². The summed E-state index contributed by atoms with van der Waals surface area (Å²) in [5.41, 5.74) is 4.50. The summed E-state index contributed by atoms with van der Waals surface area (Å²) in [6.45, 7) is 11.0. The number of carboxylic acid groups (broad SMARTS) is 1. The van der Waals surface area contributed by atoms with Crippen molar-refractivity contribution in [3.63, 3.8) is 0 Å². The van der Waals surface area contributed by atoms with Crippen molar-refractivity contribution in [1.82, 2.24) is 4.57 Å². The highest BCUT2D eigenvalue weighted by molar-refractivity contribution is 5.97. The number of aryl methyl sites for hydroxylation is 1. The molecule has 4 nitrogen and oxygen atoms in total. The summed E-state index contributed by atoms with van der Waals surface area (Å²) in [6, 6.07) is 3.55. The Hall–Kier alpha value is -1.81. The number of rotatable bonds is 4. The second-order valence-electron chi connectivity index (χ2n) is 6.77. The van der Waals surface area contributed by atoms with Gasteiger partial charge in [0, 0.05) is 17.6 Å². The Morgan fingerprint density at radius 2 is 1.91 bits per heavy atom. The molecule has 2 rings (SSSR count). The van der Waals surface area contributed by atoms with Crippen LogP contribution in [0.3, 0.4) is 0 Å². The van der Waals surface area contributed by atoms with Gasteiger partial charge in [0.15, 0.2) is 0 Å². The van der Waals surface area contributed by atoms with E-state index in [1.165, 1.54) is 0 Å². The van der Waals surface area contributed by atoms with E-state index < -0.39 is 5.97 Å². The van der Waals surface area contributed by atoms with Crippen molar-refractivity contribution >= 4 is 16.9 Å². The summed E-state index contributed by atoms with van der Waals surface area (Å²) in [5, 5.41) is 19.8. The average Bonchev–Trinajstić information content (AvgIpc) is 2.69. The summed E-state index contributed by atoms with van der Waals surface area (Å²) in [4.78, 5) is 11.5. The van der Waals surface area contributed by atoms with Gasteiger partial charge in [0.1, 0.15) is 0 Å². The van der Waals surface area contributed by atoms with Gasteiger partial charge in [-0.15, -0.1) is 0 Å². The first-order chi connectivity index (χ1) is 10.2. The average molecular weight is 303 g/mol. The molecule has 0 radical (unpaired) electrons. The lowest BCUT2D eigenvalue weighted by Crippen LogP contribution is -2.16. The third-order valence-corrected chi connectivity index (χ3v) is 4.28. The molecule has 1 aromatic heterocycles. The SMILES string of the molecule is CCc1c(C)n(CCO)c2c(C(C)(C)C)cc(C(=O)O)cc12. The zero-order valence-corrected chi connectivity index (χ0v) is 14.0. The number of carbonyl (C=O) groups is 1. The number of aliphatic hydroxyl groups is 1. The van der Waals surface area contributed by atoms with Crippen LogP contribution >= 0.6 is 0 Å². The largest absolute Gasteiger partial charge is 0.478 e. The fraction of sp³-hybridized carbons (Fsp3) is 0.500. The molecule has 0 aliphatic heterocycles.